The van der Waals surface area contributed by atoms with Gasteiger partial charge in [0.05, 0.1) is 10.4 Å². The number of hydrogen-bond donors (Lipinski definition) is 1. The van der Waals surface area contributed by atoms with E-state index in [4.69, 9.17) is 0 Å². The molecule has 8 nitrogen and oxygen atoms in total. The number of para-hydroxylation sites is 1. The van der Waals surface area contributed by atoms with E-state index in [0.29, 0.717) is 24.7 Å². The molecule has 1 amide bonds. The van der Waals surface area contributed by atoms with E-state index in [1.165, 1.54) is 16.8 Å². The summed E-state index contributed by atoms with van der Waals surface area (Å²) in [6.45, 7) is 3.19. The molecule has 1 aliphatic heterocycles. The number of hydrogen-bond acceptors (Lipinski definition) is 5. The molecule has 0 radical (unpaired) electrons. The molecule has 152 valence electrons. The molecule has 0 spiro atoms. The minimum atomic E-state index is -3.51. The summed E-state index contributed by atoms with van der Waals surface area (Å²) in [5, 5.41) is 10.8. The Labute approximate surface area is 169 Å². The van der Waals surface area contributed by atoms with Crippen molar-refractivity contribution >= 4 is 32.7 Å². The van der Waals surface area contributed by atoms with Gasteiger partial charge in [0, 0.05) is 18.8 Å². The van der Waals surface area contributed by atoms with Crippen molar-refractivity contribution in [3.05, 3.63) is 48.5 Å². The van der Waals surface area contributed by atoms with E-state index in [-0.39, 0.29) is 17.3 Å². The third kappa shape index (κ3) is 4.15. The van der Waals surface area contributed by atoms with Crippen LogP contribution in [0.3, 0.4) is 0 Å². The van der Waals surface area contributed by atoms with Gasteiger partial charge in [-0.05, 0) is 55.2 Å². The van der Waals surface area contributed by atoms with E-state index in [0.717, 1.165) is 23.9 Å². The second kappa shape index (κ2) is 7.92. The standard InChI is InChI=1S/C20H23N5O3S/c1-15-5-4-12-24(13-15)29(27,28)17-10-8-16(9-11-17)21-20(26)14-25-19-7-3-2-6-18(19)22-23-25/h2-3,6-11,15H,4-5,12-14H2,1H3,(H,21,26). The molecule has 0 saturated carbocycles. The van der Waals surface area contributed by atoms with E-state index in [1.54, 1.807) is 16.4 Å². The van der Waals surface area contributed by atoms with Gasteiger partial charge in [-0.2, -0.15) is 4.31 Å². The first-order valence-corrected chi connectivity index (χ1v) is 11.1. The molecular formula is C20H23N5O3S. The number of nitrogens with zero attached hydrogens (tertiary/aromatic N) is 4. The fourth-order valence-corrected chi connectivity index (χ4v) is 5.19. The molecule has 29 heavy (non-hydrogen) atoms. The largest absolute Gasteiger partial charge is 0.324 e. The van der Waals surface area contributed by atoms with Crippen molar-refractivity contribution in [2.75, 3.05) is 18.4 Å². The number of nitrogens with one attached hydrogen (secondary N) is 1. The Hall–Kier alpha value is -2.78. The van der Waals surface area contributed by atoms with Crippen LogP contribution in [0.4, 0.5) is 5.69 Å². The average Bonchev–Trinajstić information content (AvgIpc) is 3.11. The number of anilines is 1. The van der Waals surface area contributed by atoms with Crippen molar-refractivity contribution in [1.82, 2.24) is 19.3 Å². The maximum absolute atomic E-state index is 12.8. The number of aromatic nitrogens is 3. The molecule has 0 aliphatic carbocycles. The Morgan fingerprint density at radius 1 is 1.17 bits per heavy atom. The molecule has 0 bridgehead atoms. The maximum Gasteiger partial charge on any atom is 0.246 e. The molecule has 1 N–H and O–H groups in total. The summed E-state index contributed by atoms with van der Waals surface area (Å²) in [5.41, 5.74) is 2.03. The minimum absolute atomic E-state index is 0.0201. The number of amides is 1. The van der Waals surface area contributed by atoms with Crippen LogP contribution in [-0.4, -0.2) is 46.7 Å². The van der Waals surface area contributed by atoms with Gasteiger partial charge < -0.3 is 5.32 Å². The summed E-state index contributed by atoms with van der Waals surface area (Å²) in [6, 6.07) is 13.7. The van der Waals surface area contributed by atoms with Crippen molar-refractivity contribution in [2.45, 2.75) is 31.2 Å². The summed E-state index contributed by atoms with van der Waals surface area (Å²) in [4.78, 5) is 12.6. The molecule has 9 heteroatoms. The fourth-order valence-electron chi connectivity index (χ4n) is 3.59. The molecule has 2 heterocycles. The van der Waals surface area contributed by atoms with Gasteiger partial charge in [-0.1, -0.05) is 24.3 Å². The lowest BCUT2D eigenvalue weighted by molar-refractivity contribution is -0.116. The SMILES string of the molecule is CC1CCCN(S(=O)(=O)c2ccc(NC(=O)Cn3nnc4ccccc43)cc2)C1. The molecule has 2 aromatic carbocycles. The average molecular weight is 414 g/mol. The summed E-state index contributed by atoms with van der Waals surface area (Å²) >= 11 is 0. The molecule has 4 rings (SSSR count). The highest BCUT2D eigenvalue weighted by Gasteiger charge is 2.28. The van der Waals surface area contributed by atoms with Crippen molar-refractivity contribution in [1.29, 1.82) is 0 Å². The molecule has 1 saturated heterocycles. The van der Waals surface area contributed by atoms with E-state index < -0.39 is 10.0 Å². The molecule has 3 aromatic rings. The first-order chi connectivity index (χ1) is 13.9. The number of piperidine rings is 1. The van der Waals surface area contributed by atoms with Crippen LogP contribution in [0.25, 0.3) is 11.0 Å². The quantitative estimate of drug-likeness (QED) is 0.693. The highest BCUT2D eigenvalue weighted by Crippen LogP contribution is 2.24. The van der Waals surface area contributed by atoms with E-state index >= 15 is 0 Å². The van der Waals surface area contributed by atoms with Gasteiger partial charge in [0.2, 0.25) is 15.9 Å². The zero-order chi connectivity index (χ0) is 20.4. The Bertz CT molecular complexity index is 1120. The monoisotopic (exact) mass is 413 g/mol. The molecule has 1 atom stereocenters. The van der Waals surface area contributed by atoms with Gasteiger partial charge in [-0.15, -0.1) is 5.10 Å². The molecular weight excluding hydrogens is 390 g/mol. The first-order valence-electron chi connectivity index (χ1n) is 9.62. The number of rotatable bonds is 5. The van der Waals surface area contributed by atoms with Crippen LogP contribution in [0.15, 0.2) is 53.4 Å². The second-order valence-corrected chi connectivity index (χ2v) is 9.36. The van der Waals surface area contributed by atoms with Crippen LogP contribution in [-0.2, 0) is 21.4 Å². The lowest BCUT2D eigenvalue weighted by atomic mass is 10.0. The number of carbonyl (C=O) groups is 1. The van der Waals surface area contributed by atoms with Gasteiger partial charge in [0.1, 0.15) is 12.1 Å². The number of benzene rings is 2. The Morgan fingerprint density at radius 2 is 1.93 bits per heavy atom. The third-order valence-electron chi connectivity index (χ3n) is 5.11. The molecule has 1 aromatic heterocycles. The first kappa shape index (κ1) is 19.5. The van der Waals surface area contributed by atoms with Crippen LogP contribution in [0.1, 0.15) is 19.8 Å². The Kier molecular flexibility index (Phi) is 5.33. The summed E-state index contributed by atoms with van der Waals surface area (Å²) in [7, 11) is -3.51. The van der Waals surface area contributed by atoms with Crippen LogP contribution in [0.5, 0.6) is 0 Å². The summed E-state index contributed by atoms with van der Waals surface area (Å²) in [5.74, 6) is 0.103. The van der Waals surface area contributed by atoms with Gasteiger partial charge in [0.25, 0.3) is 0 Å². The van der Waals surface area contributed by atoms with Gasteiger partial charge in [0.15, 0.2) is 0 Å². The fraction of sp³-hybridized carbons (Fsp3) is 0.350. The van der Waals surface area contributed by atoms with Gasteiger partial charge >= 0.3 is 0 Å². The van der Waals surface area contributed by atoms with Crippen molar-refractivity contribution in [2.24, 2.45) is 5.92 Å². The van der Waals surface area contributed by atoms with Crippen LogP contribution in [0.2, 0.25) is 0 Å². The van der Waals surface area contributed by atoms with Crippen LogP contribution >= 0.6 is 0 Å². The van der Waals surface area contributed by atoms with Gasteiger partial charge in [-0.3, -0.25) is 4.79 Å². The third-order valence-corrected chi connectivity index (χ3v) is 6.99. The second-order valence-electron chi connectivity index (χ2n) is 7.42. The van der Waals surface area contributed by atoms with E-state index in [2.05, 4.69) is 22.6 Å². The summed E-state index contributed by atoms with van der Waals surface area (Å²) < 4.78 is 28.7. The zero-order valence-corrected chi connectivity index (χ0v) is 17.0. The molecule has 1 fully saturated rings. The minimum Gasteiger partial charge on any atom is -0.324 e. The number of sulfonamides is 1. The highest BCUT2D eigenvalue weighted by molar-refractivity contribution is 7.89. The summed E-state index contributed by atoms with van der Waals surface area (Å²) in [6.07, 6.45) is 1.93. The number of carbonyl (C=O) groups excluding carboxylic acids is 1. The molecule has 1 aliphatic rings. The van der Waals surface area contributed by atoms with E-state index in [9.17, 15) is 13.2 Å². The van der Waals surface area contributed by atoms with Crippen LogP contribution in [0, 0.1) is 5.92 Å². The lowest BCUT2D eigenvalue weighted by Gasteiger charge is -2.30. The van der Waals surface area contributed by atoms with E-state index in [1.807, 2.05) is 24.3 Å². The topological polar surface area (TPSA) is 97.2 Å². The lowest BCUT2D eigenvalue weighted by Crippen LogP contribution is -2.39. The van der Waals surface area contributed by atoms with Crippen molar-refractivity contribution < 1.29 is 13.2 Å². The predicted octanol–water partition coefficient (Wildman–Crippen LogP) is 2.49. The highest BCUT2D eigenvalue weighted by atomic mass is 32.2. The normalized spacial score (nSPS) is 18.0. The molecule has 1 unspecified atom stereocenters. The Morgan fingerprint density at radius 3 is 2.69 bits per heavy atom. The number of fused-ring (bicyclic) bond motifs is 1. The van der Waals surface area contributed by atoms with Crippen molar-refractivity contribution in [3.63, 3.8) is 0 Å². The maximum atomic E-state index is 12.8. The van der Waals surface area contributed by atoms with Crippen molar-refractivity contribution in [3.8, 4) is 0 Å². The zero-order valence-electron chi connectivity index (χ0n) is 16.2. The predicted molar refractivity (Wildman–Crippen MR) is 110 cm³/mol. The van der Waals surface area contributed by atoms with Gasteiger partial charge in [-0.25, -0.2) is 13.1 Å². The Balaban J connectivity index is 1.43. The smallest absolute Gasteiger partial charge is 0.246 e. The van der Waals surface area contributed by atoms with Crippen LogP contribution < -0.4 is 5.32 Å².